The molecule has 0 bridgehead atoms. The first-order valence-electron chi connectivity index (χ1n) is 7.41. The van der Waals surface area contributed by atoms with Gasteiger partial charge < -0.3 is 10.2 Å². The monoisotopic (exact) mass is 260 g/mol. The highest BCUT2D eigenvalue weighted by Crippen LogP contribution is 2.41. The quantitative estimate of drug-likeness (QED) is 0.893. The molecule has 1 aliphatic carbocycles. The third-order valence-electron chi connectivity index (χ3n) is 4.66. The van der Waals surface area contributed by atoms with Gasteiger partial charge in [0.2, 0.25) is 0 Å². The summed E-state index contributed by atoms with van der Waals surface area (Å²) < 4.78 is 0. The van der Waals surface area contributed by atoms with E-state index in [-0.39, 0.29) is 0 Å². The van der Waals surface area contributed by atoms with Crippen LogP contribution in [0.4, 0.5) is 0 Å². The summed E-state index contributed by atoms with van der Waals surface area (Å²) in [6.07, 6.45) is 2.50. The van der Waals surface area contributed by atoms with Gasteiger partial charge in [-0.2, -0.15) is 0 Å². The smallest absolute Gasteiger partial charge is 0.0324 e. The third kappa shape index (κ3) is 3.18. The van der Waals surface area contributed by atoms with Gasteiger partial charge in [0, 0.05) is 18.6 Å². The molecule has 0 aromatic heterocycles. The Bertz CT molecular complexity index is 423. The highest BCUT2D eigenvalue weighted by Gasteiger charge is 2.32. The van der Waals surface area contributed by atoms with Crippen molar-refractivity contribution in [1.82, 2.24) is 10.2 Å². The first-order valence-corrected chi connectivity index (χ1v) is 7.41. The van der Waals surface area contributed by atoms with Crippen molar-refractivity contribution in [3.63, 3.8) is 0 Å². The molecule has 1 aliphatic rings. The van der Waals surface area contributed by atoms with Crippen molar-refractivity contribution in [2.75, 3.05) is 20.6 Å². The van der Waals surface area contributed by atoms with Crippen LogP contribution in [0.3, 0.4) is 0 Å². The largest absolute Gasteiger partial charge is 0.308 e. The Kier molecular flexibility index (Phi) is 4.32. The lowest BCUT2D eigenvalue weighted by molar-refractivity contribution is 0.279. The molecule has 2 nitrogen and oxygen atoms in total. The summed E-state index contributed by atoms with van der Waals surface area (Å²) in [5.74, 6) is 0. The maximum Gasteiger partial charge on any atom is 0.0324 e. The van der Waals surface area contributed by atoms with Gasteiger partial charge in [0.1, 0.15) is 0 Å². The highest BCUT2D eigenvalue weighted by molar-refractivity contribution is 5.38. The molecule has 0 saturated heterocycles. The number of likely N-dealkylation sites (N-methyl/N-ethyl adjacent to an activating group) is 1. The highest BCUT2D eigenvalue weighted by atomic mass is 15.1. The summed E-state index contributed by atoms with van der Waals surface area (Å²) in [5, 5.41) is 3.76. The molecule has 0 radical (unpaired) electrons. The first-order chi connectivity index (χ1) is 8.92. The van der Waals surface area contributed by atoms with Crippen molar-refractivity contribution in [2.45, 2.75) is 51.1 Å². The van der Waals surface area contributed by atoms with E-state index in [2.05, 4.69) is 69.3 Å². The zero-order valence-electron chi connectivity index (χ0n) is 13.0. The van der Waals surface area contributed by atoms with E-state index in [1.165, 1.54) is 24.0 Å². The molecule has 2 atom stereocenters. The summed E-state index contributed by atoms with van der Waals surface area (Å²) in [6.45, 7) is 8.05. The molecule has 2 heteroatoms. The van der Waals surface area contributed by atoms with E-state index in [0.29, 0.717) is 17.5 Å². The molecule has 1 N–H and O–H groups in total. The Labute approximate surface area is 118 Å². The normalized spacial score (nSPS) is 23.2. The summed E-state index contributed by atoms with van der Waals surface area (Å²) in [6, 6.07) is 10.0. The van der Waals surface area contributed by atoms with Gasteiger partial charge in [-0.25, -0.2) is 0 Å². The van der Waals surface area contributed by atoms with Crippen LogP contribution in [0, 0.1) is 0 Å². The second kappa shape index (κ2) is 5.64. The molecule has 0 aliphatic heterocycles. The summed E-state index contributed by atoms with van der Waals surface area (Å²) in [7, 11) is 4.29. The molecule has 0 heterocycles. The second-order valence-electron chi connectivity index (χ2n) is 6.78. The molecule has 0 saturated carbocycles. The molecule has 0 spiro atoms. The molecule has 106 valence electrons. The zero-order chi connectivity index (χ0) is 14.0. The van der Waals surface area contributed by atoms with Crippen molar-refractivity contribution in [2.24, 2.45) is 0 Å². The Morgan fingerprint density at radius 2 is 2.00 bits per heavy atom. The van der Waals surface area contributed by atoms with Gasteiger partial charge in [0.05, 0.1) is 0 Å². The predicted molar refractivity (Wildman–Crippen MR) is 82.6 cm³/mol. The molecular weight excluding hydrogens is 232 g/mol. The van der Waals surface area contributed by atoms with Crippen LogP contribution in [0.15, 0.2) is 24.3 Å². The van der Waals surface area contributed by atoms with Gasteiger partial charge >= 0.3 is 0 Å². The summed E-state index contributed by atoms with van der Waals surface area (Å²) in [4.78, 5) is 2.27. The molecule has 19 heavy (non-hydrogen) atoms. The van der Waals surface area contributed by atoms with Crippen molar-refractivity contribution in [1.29, 1.82) is 0 Å². The lowest BCUT2D eigenvalue weighted by atomic mass is 9.71. The first kappa shape index (κ1) is 14.5. The van der Waals surface area contributed by atoms with Gasteiger partial charge in [0.15, 0.2) is 0 Å². The topological polar surface area (TPSA) is 15.3 Å². The third-order valence-corrected chi connectivity index (χ3v) is 4.66. The lowest BCUT2D eigenvalue weighted by Gasteiger charge is -2.38. The van der Waals surface area contributed by atoms with Crippen LogP contribution in [0.2, 0.25) is 0 Å². The molecule has 0 fully saturated rings. The van der Waals surface area contributed by atoms with E-state index in [1.54, 1.807) is 0 Å². The number of hydrogen-bond donors (Lipinski definition) is 1. The molecule has 2 rings (SSSR count). The minimum atomic E-state index is 0.321. The van der Waals surface area contributed by atoms with E-state index in [4.69, 9.17) is 0 Å². The lowest BCUT2D eigenvalue weighted by Crippen LogP contribution is -2.39. The summed E-state index contributed by atoms with van der Waals surface area (Å²) >= 11 is 0. The Hall–Kier alpha value is -0.860. The number of benzene rings is 1. The van der Waals surface area contributed by atoms with Crippen molar-refractivity contribution in [3.05, 3.63) is 35.4 Å². The minimum absolute atomic E-state index is 0.321. The van der Waals surface area contributed by atoms with Crippen LogP contribution in [0.1, 0.15) is 50.8 Å². The summed E-state index contributed by atoms with van der Waals surface area (Å²) in [5.41, 5.74) is 3.35. The molecule has 1 aromatic rings. The standard InChI is InChI=1S/C17H28N2/c1-13(19(4)5)12-18-16-10-11-17(2,3)15-9-7-6-8-14(15)16/h6-9,13,16,18H,10-12H2,1-5H3. The maximum atomic E-state index is 3.76. The fourth-order valence-electron chi connectivity index (χ4n) is 2.92. The van der Waals surface area contributed by atoms with Crippen LogP contribution in [-0.2, 0) is 5.41 Å². The van der Waals surface area contributed by atoms with Crippen molar-refractivity contribution in [3.8, 4) is 0 Å². The van der Waals surface area contributed by atoms with Gasteiger partial charge in [-0.15, -0.1) is 0 Å². The average Bonchev–Trinajstić information content (AvgIpc) is 2.37. The number of nitrogens with one attached hydrogen (secondary N) is 1. The molecular formula is C17H28N2. The number of fused-ring (bicyclic) bond motifs is 1. The number of nitrogens with zero attached hydrogens (tertiary/aromatic N) is 1. The van der Waals surface area contributed by atoms with E-state index >= 15 is 0 Å². The van der Waals surface area contributed by atoms with Crippen LogP contribution in [0.5, 0.6) is 0 Å². The fourth-order valence-corrected chi connectivity index (χ4v) is 2.92. The second-order valence-corrected chi connectivity index (χ2v) is 6.78. The maximum absolute atomic E-state index is 3.76. The Balaban J connectivity index is 2.12. The van der Waals surface area contributed by atoms with E-state index in [0.717, 1.165) is 6.54 Å². The Morgan fingerprint density at radius 1 is 1.32 bits per heavy atom. The van der Waals surface area contributed by atoms with Crippen LogP contribution in [-0.4, -0.2) is 31.6 Å². The zero-order valence-corrected chi connectivity index (χ0v) is 13.0. The van der Waals surface area contributed by atoms with Crippen molar-refractivity contribution >= 4 is 0 Å². The van der Waals surface area contributed by atoms with Gasteiger partial charge in [0.25, 0.3) is 0 Å². The fraction of sp³-hybridized carbons (Fsp3) is 0.647. The molecule has 2 unspecified atom stereocenters. The molecule has 1 aromatic carbocycles. The number of rotatable bonds is 4. The average molecular weight is 260 g/mol. The van der Waals surface area contributed by atoms with Crippen LogP contribution < -0.4 is 5.32 Å². The van der Waals surface area contributed by atoms with Crippen LogP contribution >= 0.6 is 0 Å². The molecule has 0 amide bonds. The van der Waals surface area contributed by atoms with Crippen LogP contribution in [0.25, 0.3) is 0 Å². The minimum Gasteiger partial charge on any atom is -0.308 e. The van der Waals surface area contributed by atoms with Crippen molar-refractivity contribution < 1.29 is 0 Å². The van der Waals surface area contributed by atoms with E-state index in [1.807, 2.05) is 0 Å². The van der Waals surface area contributed by atoms with Gasteiger partial charge in [-0.3, -0.25) is 0 Å². The Morgan fingerprint density at radius 3 is 2.68 bits per heavy atom. The van der Waals surface area contributed by atoms with Gasteiger partial charge in [-0.05, 0) is 50.4 Å². The SMILES string of the molecule is CC(CNC1CCC(C)(C)c2ccccc21)N(C)C. The van der Waals surface area contributed by atoms with E-state index < -0.39 is 0 Å². The predicted octanol–water partition coefficient (Wildman–Crippen LogP) is 3.34. The van der Waals surface area contributed by atoms with Gasteiger partial charge in [-0.1, -0.05) is 38.1 Å². The van der Waals surface area contributed by atoms with E-state index in [9.17, 15) is 0 Å². The number of hydrogen-bond acceptors (Lipinski definition) is 2.